The molecular weight excluding hydrogens is 308 g/mol. The van der Waals surface area contributed by atoms with Crippen molar-refractivity contribution in [2.75, 3.05) is 27.4 Å². The first kappa shape index (κ1) is 19.4. The molecule has 0 fully saturated rings. The fourth-order valence-electron chi connectivity index (χ4n) is 3.04. The molecule has 0 radical (unpaired) electrons. The number of rotatable bonds is 10. The van der Waals surface area contributed by atoms with E-state index in [0.717, 1.165) is 38.9 Å². The lowest BCUT2D eigenvalue weighted by atomic mass is 9.97. The van der Waals surface area contributed by atoms with Gasteiger partial charge < -0.3 is 9.47 Å². The number of hydrogen-bond acceptors (Lipinski definition) is 2. The van der Waals surface area contributed by atoms with Crippen molar-refractivity contribution in [1.82, 2.24) is 0 Å². The Bertz CT molecular complexity index is 631. The fraction of sp³-hybridized carbons (Fsp3) is 0.391. The molecule has 0 spiro atoms. The number of methoxy groups -OCH3 is 2. The van der Waals surface area contributed by atoms with Crippen molar-refractivity contribution in [3.8, 4) is 0 Å². The molecule has 2 nitrogen and oxygen atoms in total. The number of allylic oxidation sites excluding steroid dienone is 1. The third kappa shape index (κ3) is 6.85. The molecule has 0 amide bonds. The van der Waals surface area contributed by atoms with Gasteiger partial charge in [-0.3, -0.25) is 0 Å². The van der Waals surface area contributed by atoms with Gasteiger partial charge in [0, 0.05) is 27.4 Å². The van der Waals surface area contributed by atoms with Crippen molar-refractivity contribution in [1.29, 1.82) is 0 Å². The maximum atomic E-state index is 5.20. The van der Waals surface area contributed by atoms with Crippen molar-refractivity contribution < 1.29 is 9.47 Å². The molecule has 0 heterocycles. The predicted molar refractivity (Wildman–Crippen MR) is 107 cm³/mol. The quantitative estimate of drug-likeness (QED) is 0.426. The van der Waals surface area contributed by atoms with Gasteiger partial charge in [0.1, 0.15) is 0 Å². The second-order valence-corrected chi connectivity index (χ2v) is 6.47. The Balaban J connectivity index is 2.21. The third-order valence-corrected chi connectivity index (χ3v) is 4.32. The zero-order valence-electron chi connectivity index (χ0n) is 15.8. The van der Waals surface area contributed by atoms with E-state index in [4.69, 9.17) is 9.47 Å². The Morgan fingerprint density at radius 2 is 1.40 bits per heavy atom. The van der Waals surface area contributed by atoms with E-state index in [0.29, 0.717) is 0 Å². The average molecular weight is 338 g/mol. The minimum absolute atomic E-state index is 0.808. The van der Waals surface area contributed by atoms with E-state index in [9.17, 15) is 0 Å². The molecule has 0 aromatic heterocycles. The molecule has 2 aromatic rings. The molecule has 0 aliphatic heterocycles. The van der Waals surface area contributed by atoms with Crippen LogP contribution in [0.5, 0.6) is 0 Å². The minimum Gasteiger partial charge on any atom is -0.385 e. The summed E-state index contributed by atoms with van der Waals surface area (Å²) in [6.45, 7) is 3.79. The Hall–Kier alpha value is -1.90. The van der Waals surface area contributed by atoms with Crippen LogP contribution in [0.1, 0.15) is 42.0 Å². The molecule has 0 bridgehead atoms. The van der Waals surface area contributed by atoms with Gasteiger partial charge in [-0.2, -0.15) is 0 Å². The number of ether oxygens (including phenoxy) is 2. The highest BCUT2D eigenvalue weighted by Crippen LogP contribution is 2.21. The second-order valence-electron chi connectivity index (χ2n) is 6.47. The molecule has 0 N–H and O–H groups in total. The fourth-order valence-corrected chi connectivity index (χ4v) is 3.04. The smallest absolute Gasteiger partial charge is 0.0465 e. The van der Waals surface area contributed by atoms with Crippen molar-refractivity contribution in [2.24, 2.45) is 0 Å². The van der Waals surface area contributed by atoms with Gasteiger partial charge in [0.15, 0.2) is 0 Å². The van der Waals surface area contributed by atoms with E-state index in [1.807, 2.05) is 0 Å². The molecule has 134 valence electrons. The first-order valence-electron chi connectivity index (χ1n) is 9.07. The Labute approximate surface area is 152 Å². The van der Waals surface area contributed by atoms with E-state index < -0.39 is 0 Å². The summed E-state index contributed by atoms with van der Waals surface area (Å²) in [6, 6.07) is 17.5. The van der Waals surface area contributed by atoms with Crippen molar-refractivity contribution in [3.05, 3.63) is 70.8 Å². The maximum Gasteiger partial charge on any atom is 0.0465 e. The molecule has 2 aromatic carbocycles. The molecular formula is C23H30O2. The standard InChI is InChI=1S/C23H30O2/c1-19(23-11-5-4-6-12-23)15-22-17-20(9-7-13-24-2)16-21(18-22)10-8-14-25-3/h4-6,11-12,15-18H,7-10,13-14H2,1-3H3. The summed E-state index contributed by atoms with van der Waals surface area (Å²) in [6.07, 6.45) is 6.50. The van der Waals surface area contributed by atoms with Crippen LogP contribution in [0.4, 0.5) is 0 Å². The summed E-state index contributed by atoms with van der Waals surface area (Å²) < 4.78 is 10.4. The molecule has 25 heavy (non-hydrogen) atoms. The van der Waals surface area contributed by atoms with E-state index in [1.54, 1.807) is 14.2 Å². The van der Waals surface area contributed by atoms with Crippen molar-refractivity contribution >= 4 is 11.6 Å². The van der Waals surface area contributed by atoms with E-state index >= 15 is 0 Å². The Kier molecular flexibility index (Phi) is 8.44. The van der Waals surface area contributed by atoms with E-state index in [1.165, 1.54) is 27.8 Å². The zero-order valence-corrected chi connectivity index (χ0v) is 15.8. The summed E-state index contributed by atoms with van der Waals surface area (Å²) in [5, 5.41) is 0. The highest BCUT2D eigenvalue weighted by atomic mass is 16.5. The molecule has 0 aliphatic rings. The summed E-state index contributed by atoms with van der Waals surface area (Å²) in [5.41, 5.74) is 6.62. The van der Waals surface area contributed by atoms with Crippen LogP contribution in [0.15, 0.2) is 48.5 Å². The van der Waals surface area contributed by atoms with Crippen molar-refractivity contribution in [3.63, 3.8) is 0 Å². The van der Waals surface area contributed by atoms with Gasteiger partial charge in [0.05, 0.1) is 0 Å². The largest absolute Gasteiger partial charge is 0.385 e. The van der Waals surface area contributed by atoms with Crippen LogP contribution in [0.25, 0.3) is 11.6 Å². The lowest BCUT2D eigenvalue weighted by molar-refractivity contribution is 0.195. The average Bonchev–Trinajstić information content (AvgIpc) is 2.63. The molecule has 2 rings (SSSR count). The topological polar surface area (TPSA) is 18.5 Å². The number of aryl methyl sites for hydroxylation is 2. The molecule has 0 aliphatic carbocycles. The number of hydrogen-bond donors (Lipinski definition) is 0. The minimum atomic E-state index is 0.808. The zero-order chi connectivity index (χ0) is 17.9. The van der Waals surface area contributed by atoms with Gasteiger partial charge in [0.25, 0.3) is 0 Å². The normalized spacial score (nSPS) is 11.7. The van der Waals surface area contributed by atoms with Crippen LogP contribution >= 0.6 is 0 Å². The first-order chi connectivity index (χ1) is 12.2. The lowest BCUT2D eigenvalue weighted by Crippen LogP contribution is -1.97. The summed E-state index contributed by atoms with van der Waals surface area (Å²) >= 11 is 0. The van der Waals surface area contributed by atoms with Gasteiger partial charge in [-0.25, -0.2) is 0 Å². The van der Waals surface area contributed by atoms with Gasteiger partial charge in [-0.05, 0) is 60.4 Å². The Morgan fingerprint density at radius 3 is 1.92 bits per heavy atom. The highest BCUT2D eigenvalue weighted by molar-refractivity contribution is 5.80. The number of benzene rings is 2. The van der Waals surface area contributed by atoms with E-state index in [-0.39, 0.29) is 0 Å². The van der Waals surface area contributed by atoms with Crippen LogP contribution in [-0.4, -0.2) is 27.4 Å². The van der Waals surface area contributed by atoms with Crippen LogP contribution < -0.4 is 0 Å². The molecule has 0 atom stereocenters. The van der Waals surface area contributed by atoms with Crippen LogP contribution in [0.2, 0.25) is 0 Å². The van der Waals surface area contributed by atoms with Crippen LogP contribution in [0.3, 0.4) is 0 Å². The SMILES string of the molecule is COCCCc1cc(C=C(C)c2ccccc2)cc(CCCOC)c1. The second kappa shape index (κ2) is 10.9. The summed E-state index contributed by atoms with van der Waals surface area (Å²) in [7, 11) is 3.52. The van der Waals surface area contributed by atoms with Crippen LogP contribution in [0, 0.1) is 0 Å². The lowest BCUT2D eigenvalue weighted by Gasteiger charge is -2.09. The first-order valence-corrected chi connectivity index (χ1v) is 9.07. The van der Waals surface area contributed by atoms with Gasteiger partial charge >= 0.3 is 0 Å². The van der Waals surface area contributed by atoms with Gasteiger partial charge in [-0.1, -0.05) is 54.6 Å². The van der Waals surface area contributed by atoms with Crippen molar-refractivity contribution in [2.45, 2.75) is 32.6 Å². The monoisotopic (exact) mass is 338 g/mol. The molecule has 0 unspecified atom stereocenters. The third-order valence-electron chi connectivity index (χ3n) is 4.32. The molecule has 0 saturated carbocycles. The highest BCUT2D eigenvalue weighted by Gasteiger charge is 2.03. The predicted octanol–water partition coefficient (Wildman–Crippen LogP) is 5.41. The Morgan fingerprint density at radius 1 is 0.840 bits per heavy atom. The van der Waals surface area contributed by atoms with Gasteiger partial charge in [0.2, 0.25) is 0 Å². The summed E-state index contributed by atoms with van der Waals surface area (Å²) in [4.78, 5) is 0. The van der Waals surface area contributed by atoms with Gasteiger partial charge in [-0.15, -0.1) is 0 Å². The van der Waals surface area contributed by atoms with Crippen LogP contribution in [-0.2, 0) is 22.3 Å². The molecule has 0 saturated heterocycles. The molecule has 2 heteroatoms. The summed E-state index contributed by atoms with van der Waals surface area (Å²) in [5.74, 6) is 0. The maximum absolute atomic E-state index is 5.20. The van der Waals surface area contributed by atoms with E-state index in [2.05, 4.69) is 61.5 Å².